The Morgan fingerprint density at radius 2 is 1.92 bits per heavy atom. The van der Waals surface area contributed by atoms with Gasteiger partial charge in [0.25, 0.3) is 5.91 Å². The predicted octanol–water partition coefficient (Wildman–Crippen LogP) is 2.76. The molecule has 6 nitrogen and oxygen atoms in total. The van der Waals surface area contributed by atoms with Crippen LogP contribution in [0.3, 0.4) is 0 Å². The van der Waals surface area contributed by atoms with Gasteiger partial charge in [0.1, 0.15) is 0 Å². The standard InChI is InChI=1S/C18H18N4O2S/c23-18(15-6-11-25-13-15)22-9-7-21(8-10-22)12-16-19-17(20-24-16)14-4-2-1-3-5-14/h1-6,11,13H,7-10,12H2. The van der Waals surface area contributed by atoms with Gasteiger partial charge in [-0.25, -0.2) is 0 Å². The van der Waals surface area contributed by atoms with Crippen LogP contribution < -0.4 is 0 Å². The van der Waals surface area contributed by atoms with Gasteiger partial charge in [-0.3, -0.25) is 9.69 Å². The van der Waals surface area contributed by atoms with E-state index in [0.717, 1.165) is 24.2 Å². The number of aromatic nitrogens is 2. The Bertz CT molecular complexity index is 824. The van der Waals surface area contributed by atoms with Crippen LogP contribution in [0.5, 0.6) is 0 Å². The van der Waals surface area contributed by atoms with Crippen molar-refractivity contribution < 1.29 is 9.32 Å². The van der Waals surface area contributed by atoms with Crippen LogP contribution in [0.4, 0.5) is 0 Å². The van der Waals surface area contributed by atoms with Crippen LogP contribution in [0.15, 0.2) is 51.7 Å². The Labute approximate surface area is 149 Å². The fraction of sp³-hybridized carbons (Fsp3) is 0.278. The molecule has 2 aromatic heterocycles. The zero-order valence-electron chi connectivity index (χ0n) is 13.7. The molecule has 3 aromatic rings. The van der Waals surface area contributed by atoms with Crippen molar-refractivity contribution in [2.24, 2.45) is 0 Å². The Morgan fingerprint density at radius 1 is 1.12 bits per heavy atom. The number of hydrogen-bond donors (Lipinski definition) is 0. The summed E-state index contributed by atoms with van der Waals surface area (Å²) in [6.45, 7) is 3.65. The first-order valence-corrected chi connectivity index (χ1v) is 9.16. The first-order valence-electron chi connectivity index (χ1n) is 8.21. The summed E-state index contributed by atoms with van der Waals surface area (Å²) in [6, 6.07) is 11.7. The van der Waals surface area contributed by atoms with Crippen LogP contribution in [0.25, 0.3) is 11.4 Å². The average molecular weight is 354 g/mol. The quantitative estimate of drug-likeness (QED) is 0.721. The van der Waals surface area contributed by atoms with Gasteiger partial charge in [0.2, 0.25) is 11.7 Å². The monoisotopic (exact) mass is 354 g/mol. The molecule has 0 spiro atoms. The number of thiophene rings is 1. The normalized spacial score (nSPS) is 15.4. The van der Waals surface area contributed by atoms with E-state index in [4.69, 9.17) is 4.52 Å². The molecule has 1 aromatic carbocycles. The summed E-state index contributed by atoms with van der Waals surface area (Å²) < 4.78 is 5.37. The SMILES string of the molecule is O=C(c1ccsc1)N1CCN(Cc2nc(-c3ccccc3)no2)CC1. The molecule has 3 heterocycles. The first kappa shape index (κ1) is 16.0. The van der Waals surface area contributed by atoms with Gasteiger partial charge in [-0.2, -0.15) is 16.3 Å². The van der Waals surface area contributed by atoms with Gasteiger partial charge in [-0.05, 0) is 11.4 Å². The molecule has 128 valence electrons. The fourth-order valence-electron chi connectivity index (χ4n) is 2.89. The van der Waals surface area contributed by atoms with Gasteiger partial charge in [0, 0.05) is 37.1 Å². The first-order chi connectivity index (χ1) is 12.3. The number of hydrogen-bond acceptors (Lipinski definition) is 6. The summed E-state index contributed by atoms with van der Waals surface area (Å²) in [4.78, 5) is 21.0. The number of piperazine rings is 1. The van der Waals surface area contributed by atoms with Gasteiger partial charge in [-0.15, -0.1) is 0 Å². The van der Waals surface area contributed by atoms with Crippen LogP contribution in [0, 0.1) is 0 Å². The van der Waals surface area contributed by atoms with E-state index in [1.54, 1.807) is 11.3 Å². The van der Waals surface area contributed by atoms with E-state index in [9.17, 15) is 4.79 Å². The Kier molecular flexibility index (Phi) is 4.58. The molecule has 4 rings (SSSR count). The maximum atomic E-state index is 12.4. The predicted molar refractivity (Wildman–Crippen MR) is 95.2 cm³/mol. The van der Waals surface area contributed by atoms with E-state index in [1.807, 2.05) is 52.1 Å². The lowest BCUT2D eigenvalue weighted by molar-refractivity contribution is 0.0615. The molecule has 0 aliphatic carbocycles. The summed E-state index contributed by atoms with van der Waals surface area (Å²) in [5.41, 5.74) is 1.73. The lowest BCUT2D eigenvalue weighted by atomic mass is 10.2. The summed E-state index contributed by atoms with van der Waals surface area (Å²) in [7, 11) is 0. The van der Waals surface area contributed by atoms with Crippen LogP contribution in [-0.4, -0.2) is 52.0 Å². The van der Waals surface area contributed by atoms with Gasteiger partial charge in [0.15, 0.2) is 0 Å². The Balaban J connectivity index is 1.33. The van der Waals surface area contributed by atoms with Crippen molar-refractivity contribution in [2.45, 2.75) is 6.54 Å². The van der Waals surface area contributed by atoms with Crippen molar-refractivity contribution in [3.8, 4) is 11.4 Å². The third-order valence-electron chi connectivity index (χ3n) is 4.29. The van der Waals surface area contributed by atoms with E-state index < -0.39 is 0 Å². The summed E-state index contributed by atoms with van der Waals surface area (Å²) in [5, 5.41) is 7.89. The van der Waals surface area contributed by atoms with Crippen LogP contribution >= 0.6 is 11.3 Å². The lowest BCUT2D eigenvalue weighted by Gasteiger charge is -2.33. The van der Waals surface area contributed by atoms with Gasteiger partial charge in [-0.1, -0.05) is 35.5 Å². The maximum Gasteiger partial charge on any atom is 0.254 e. The zero-order valence-corrected chi connectivity index (χ0v) is 14.5. The minimum absolute atomic E-state index is 0.116. The van der Waals surface area contributed by atoms with Crippen LogP contribution in [0.1, 0.15) is 16.2 Å². The molecule has 1 aliphatic rings. The second-order valence-corrected chi connectivity index (χ2v) is 6.74. The van der Waals surface area contributed by atoms with Gasteiger partial charge >= 0.3 is 0 Å². The van der Waals surface area contributed by atoms with Crippen LogP contribution in [-0.2, 0) is 6.54 Å². The smallest absolute Gasteiger partial charge is 0.254 e. The highest BCUT2D eigenvalue weighted by atomic mass is 32.1. The third-order valence-corrected chi connectivity index (χ3v) is 4.97. The van der Waals surface area contributed by atoms with E-state index >= 15 is 0 Å². The maximum absolute atomic E-state index is 12.4. The van der Waals surface area contributed by atoms with Crippen molar-refractivity contribution in [1.29, 1.82) is 0 Å². The molecule has 0 radical (unpaired) electrons. The van der Waals surface area contributed by atoms with E-state index in [-0.39, 0.29) is 5.91 Å². The number of carbonyl (C=O) groups is 1. The van der Waals surface area contributed by atoms with Gasteiger partial charge in [0.05, 0.1) is 12.1 Å². The minimum Gasteiger partial charge on any atom is -0.338 e. The summed E-state index contributed by atoms with van der Waals surface area (Å²) in [6.07, 6.45) is 0. The molecule has 0 N–H and O–H groups in total. The highest BCUT2D eigenvalue weighted by molar-refractivity contribution is 7.08. The molecule has 25 heavy (non-hydrogen) atoms. The van der Waals surface area contributed by atoms with Gasteiger partial charge < -0.3 is 9.42 Å². The summed E-state index contributed by atoms with van der Waals surface area (Å²) >= 11 is 1.55. The number of nitrogens with zero attached hydrogens (tertiary/aromatic N) is 4. The number of amides is 1. The molecular formula is C18H18N4O2S. The second kappa shape index (κ2) is 7.16. The van der Waals surface area contributed by atoms with Crippen molar-refractivity contribution in [2.75, 3.05) is 26.2 Å². The molecule has 0 atom stereocenters. The lowest BCUT2D eigenvalue weighted by Crippen LogP contribution is -2.48. The minimum atomic E-state index is 0.116. The number of carbonyl (C=O) groups excluding carboxylic acids is 1. The second-order valence-electron chi connectivity index (χ2n) is 5.96. The molecular weight excluding hydrogens is 336 g/mol. The highest BCUT2D eigenvalue weighted by Gasteiger charge is 2.23. The Hall–Kier alpha value is -2.51. The molecule has 1 fully saturated rings. The zero-order chi connectivity index (χ0) is 17.1. The van der Waals surface area contributed by atoms with Crippen molar-refractivity contribution in [1.82, 2.24) is 19.9 Å². The molecule has 0 bridgehead atoms. The van der Waals surface area contributed by atoms with E-state index in [0.29, 0.717) is 31.3 Å². The number of rotatable bonds is 4. The topological polar surface area (TPSA) is 62.5 Å². The average Bonchev–Trinajstić information content (AvgIpc) is 3.35. The summed E-state index contributed by atoms with van der Waals surface area (Å²) in [5.74, 6) is 1.34. The molecule has 0 saturated carbocycles. The molecule has 1 amide bonds. The van der Waals surface area contributed by atoms with Crippen molar-refractivity contribution in [3.05, 3.63) is 58.6 Å². The van der Waals surface area contributed by atoms with Crippen molar-refractivity contribution in [3.63, 3.8) is 0 Å². The molecule has 1 aliphatic heterocycles. The molecule has 0 unspecified atom stereocenters. The van der Waals surface area contributed by atoms with Crippen molar-refractivity contribution >= 4 is 17.2 Å². The van der Waals surface area contributed by atoms with E-state index in [1.165, 1.54) is 0 Å². The fourth-order valence-corrected chi connectivity index (χ4v) is 3.52. The highest BCUT2D eigenvalue weighted by Crippen LogP contribution is 2.17. The molecule has 7 heteroatoms. The molecule has 1 saturated heterocycles. The number of benzene rings is 1. The Morgan fingerprint density at radius 3 is 2.64 bits per heavy atom. The van der Waals surface area contributed by atoms with Crippen LogP contribution in [0.2, 0.25) is 0 Å². The van der Waals surface area contributed by atoms with E-state index in [2.05, 4.69) is 15.0 Å². The third kappa shape index (κ3) is 3.62. The largest absolute Gasteiger partial charge is 0.338 e.